The molecule has 1 amide bonds. The van der Waals surface area contributed by atoms with E-state index in [2.05, 4.69) is 32.7 Å². The number of carbonyl (C=O) groups is 1. The summed E-state index contributed by atoms with van der Waals surface area (Å²) in [6.07, 6.45) is 3.24. The highest BCUT2D eigenvalue weighted by atomic mass is 32.1. The van der Waals surface area contributed by atoms with Gasteiger partial charge >= 0.3 is 0 Å². The Hall–Kier alpha value is -1.60. The summed E-state index contributed by atoms with van der Waals surface area (Å²) in [5.41, 5.74) is 0.280. The molecule has 0 saturated carbocycles. The highest BCUT2D eigenvalue weighted by Gasteiger charge is 2.42. The third kappa shape index (κ3) is 4.73. The second kappa shape index (κ2) is 8.19. The minimum absolute atomic E-state index is 0.0238. The fraction of sp³-hybridized carbons (Fsp3) is 0.667. The molecule has 1 aromatic rings. The molecule has 0 bridgehead atoms. The van der Waals surface area contributed by atoms with Gasteiger partial charge in [0.2, 0.25) is 5.91 Å². The van der Waals surface area contributed by atoms with Crippen LogP contribution in [0.15, 0.2) is 22.5 Å². The summed E-state index contributed by atoms with van der Waals surface area (Å²) in [4.78, 5) is 21.8. The van der Waals surface area contributed by atoms with E-state index in [9.17, 15) is 4.79 Å². The number of likely N-dealkylation sites (tertiary alicyclic amines) is 1. The first kappa shape index (κ1) is 18.2. The number of nitrogens with zero attached hydrogens (tertiary/aromatic N) is 3. The van der Waals surface area contributed by atoms with E-state index in [1.165, 1.54) is 4.88 Å². The van der Waals surface area contributed by atoms with Crippen LogP contribution in [0.3, 0.4) is 0 Å². The summed E-state index contributed by atoms with van der Waals surface area (Å²) in [7, 11) is 3.53. The maximum absolute atomic E-state index is 11.9. The highest BCUT2D eigenvalue weighted by Crippen LogP contribution is 2.38. The molecule has 6 nitrogen and oxygen atoms in total. The lowest BCUT2D eigenvalue weighted by Crippen LogP contribution is -2.43. The lowest BCUT2D eigenvalue weighted by molar-refractivity contribution is -0.127. The summed E-state index contributed by atoms with van der Waals surface area (Å²) >= 11 is 1.77. The molecular weight excluding hydrogens is 336 g/mol. The van der Waals surface area contributed by atoms with Gasteiger partial charge in [-0.2, -0.15) is 0 Å². The van der Waals surface area contributed by atoms with Gasteiger partial charge in [-0.05, 0) is 30.7 Å². The minimum Gasteiger partial charge on any atom is -0.381 e. The van der Waals surface area contributed by atoms with Crippen molar-refractivity contribution in [2.75, 3.05) is 53.5 Å². The molecular formula is C18H28N4O2S. The predicted octanol–water partition coefficient (Wildman–Crippen LogP) is 1.44. The van der Waals surface area contributed by atoms with E-state index in [-0.39, 0.29) is 17.9 Å². The number of likely N-dealkylation sites (N-methyl/N-ethyl adjacent to an activating group) is 1. The fourth-order valence-electron chi connectivity index (χ4n) is 3.39. The molecule has 1 aromatic heterocycles. The number of ether oxygens (including phenoxy) is 1. The monoisotopic (exact) mass is 364 g/mol. The van der Waals surface area contributed by atoms with Crippen molar-refractivity contribution >= 4 is 23.2 Å². The van der Waals surface area contributed by atoms with E-state index in [1.807, 2.05) is 0 Å². The Morgan fingerprint density at radius 2 is 2.36 bits per heavy atom. The van der Waals surface area contributed by atoms with Crippen molar-refractivity contribution < 1.29 is 9.53 Å². The van der Waals surface area contributed by atoms with Gasteiger partial charge in [0.05, 0.1) is 6.61 Å². The third-order valence-electron chi connectivity index (χ3n) is 5.02. The van der Waals surface area contributed by atoms with Crippen molar-refractivity contribution in [1.82, 2.24) is 15.1 Å². The second-order valence-electron chi connectivity index (χ2n) is 7.16. The molecule has 2 aliphatic rings. The van der Waals surface area contributed by atoms with E-state index in [1.54, 1.807) is 30.3 Å². The molecule has 1 N–H and O–H groups in total. The SMILES string of the molecule is CN(C)C(=O)CN=C(NCCc1cccs1)N1CCC2(CCOC2)C1. The molecule has 3 rings (SSSR count). The fourth-order valence-corrected chi connectivity index (χ4v) is 4.10. The zero-order chi connectivity index (χ0) is 17.7. The Morgan fingerprint density at radius 1 is 1.48 bits per heavy atom. The standard InChI is InChI=1S/C18H28N4O2S/c1-21(2)16(23)12-20-17(19-8-5-15-4-3-11-25-15)22-9-6-18(13-22)7-10-24-14-18/h3-4,11H,5-10,12-14H2,1-2H3,(H,19,20). The smallest absolute Gasteiger partial charge is 0.243 e. The lowest BCUT2D eigenvalue weighted by Gasteiger charge is -2.25. The first-order valence-corrected chi connectivity index (χ1v) is 9.80. The first-order chi connectivity index (χ1) is 12.1. The summed E-state index contributed by atoms with van der Waals surface area (Å²) in [5, 5.41) is 5.57. The van der Waals surface area contributed by atoms with Gasteiger partial charge in [0.1, 0.15) is 6.54 Å². The Bertz CT molecular complexity index is 594. The molecule has 138 valence electrons. The van der Waals surface area contributed by atoms with Crippen LogP contribution >= 0.6 is 11.3 Å². The molecule has 2 fully saturated rings. The van der Waals surface area contributed by atoms with Gasteiger partial charge in [-0.3, -0.25) is 4.79 Å². The number of hydrogen-bond acceptors (Lipinski definition) is 4. The van der Waals surface area contributed by atoms with Crippen molar-refractivity contribution in [3.63, 3.8) is 0 Å². The third-order valence-corrected chi connectivity index (χ3v) is 5.96. The predicted molar refractivity (Wildman–Crippen MR) is 101 cm³/mol. The molecule has 2 saturated heterocycles. The van der Waals surface area contributed by atoms with Crippen LogP contribution < -0.4 is 5.32 Å². The van der Waals surface area contributed by atoms with Crippen molar-refractivity contribution in [1.29, 1.82) is 0 Å². The maximum atomic E-state index is 11.9. The van der Waals surface area contributed by atoms with Gasteiger partial charge in [0.15, 0.2) is 5.96 Å². The first-order valence-electron chi connectivity index (χ1n) is 8.92. The summed E-state index contributed by atoms with van der Waals surface area (Å²) in [6.45, 7) is 4.68. The second-order valence-corrected chi connectivity index (χ2v) is 8.19. The van der Waals surface area contributed by atoms with Gasteiger partial charge in [-0.25, -0.2) is 4.99 Å². The number of rotatable bonds is 5. The van der Waals surface area contributed by atoms with Crippen LogP contribution in [-0.4, -0.2) is 75.2 Å². The number of amides is 1. The van der Waals surface area contributed by atoms with Crippen LogP contribution in [0.5, 0.6) is 0 Å². The molecule has 0 aromatic carbocycles. The van der Waals surface area contributed by atoms with E-state index in [4.69, 9.17) is 4.74 Å². The van der Waals surface area contributed by atoms with Crippen molar-refractivity contribution in [2.24, 2.45) is 10.4 Å². The lowest BCUT2D eigenvalue weighted by atomic mass is 9.87. The summed E-state index contributed by atoms with van der Waals surface area (Å²) in [6, 6.07) is 4.23. The van der Waals surface area contributed by atoms with Gasteiger partial charge in [-0.1, -0.05) is 6.07 Å². The molecule has 1 unspecified atom stereocenters. The Kier molecular flexibility index (Phi) is 5.96. The normalized spacial score (nSPS) is 23.4. The van der Waals surface area contributed by atoms with Crippen LogP contribution in [0.4, 0.5) is 0 Å². The van der Waals surface area contributed by atoms with E-state index >= 15 is 0 Å². The maximum Gasteiger partial charge on any atom is 0.243 e. The summed E-state index contributed by atoms with van der Waals surface area (Å²) < 4.78 is 5.62. The molecule has 7 heteroatoms. The minimum atomic E-state index is 0.0238. The zero-order valence-electron chi connectivity index (χ0n) is 15.2. The van der Waals surface area contributed by atoms with Crippen LogP contribution in [0.2, 0.25) is 0 Å². The Morgan fingerprint density at radius 3 is 3.04 bits per heavy atom. The summed E-state index contributed by atoms with van der Waals surface area (Å²) in [5.74, 6) is 0.881. The van der Waals surface area contributed by atoms with Crippen LogP contribution in [0, 0.1) is 5.41 Å². The van der Waals surface area contributed by atoms with E-state index < -0.39 is 0 Å². The van der Waals surface area contributed by atoms with Crippen LogP contribution in [0.1, 0.15) is 17.7 Å². The van der Waals surface area contributed by atoms with E-state index in [0.29, 0.717) is 0 Å². The number of guanidine groups is 1. The average Bonchev–Trinajstić information content (AvgIpc) is 3.34. The molecule has 2 aliphatic heterocycles. The molecule has 3 heterocycles. The molecule has 1 atom stereocenters. The van der Waals surface area contributed by atoms with E-state index in [0.717, 1.165) is 58.1 Å². The number of aliphatic imine (C=N–C) groups is 1. The largest absolute Gasteiger partial charge is 0.381 e. The highest BCUT2D eigenvalue weighted by molar-refractivity contribution is 7.09. The number of hydrogen-bond donors (Lipinski definition) is 1. The van der Waals surface area contributed by atoms with Crippen molar-refractivity contribution in [3.05, 3.63) is 22.4 Å². The van der Waals surface area contributed by atoms with Gasteiger partial charge < -0.3 is 19.9 Å². The number of nitrogens with one attached hydrogen (secondary N) is 1. The number of thiophene rings is 1. The average molecular weight is 365 g/mol. The Balaban J connectivity index is 1.61. The molecule has 0 aliphatic carbocycles. The van der Waals surface area contributed by atoms with Crippen LogP contribution in [0.25, 0.3) is 0 Å². The van der Waals surface area contributed by atoms with Crippen molar-refractivity contribution in [3.8, 4) is 0 Å². The van der Waals surface area contributed by atoms with Crippen LogP contribution in [-0.2, 0) is 16.0 Å². The molecule has 1 spiro atoms. The Labute approximate surface area is 153 Å². The molecule has 25 heavy (non-hydrogen) atoms. The van der Waals surface area contributed by atoms with Gasteiger partial charge in [-0.15, -0.1) is 11.3 Å². The number of carbonyl (C=O) groups excluding carboxylic acids is 1. The van der Waals surface area contributed by atoms with Gasteiger partial charge in [0, 0.05) is 50.6 Å². The van der Waals surface area contributed by atoms with Gasteiger partial charge in [0.25, 0.3) is 0 Å². The quantitative estimate of drug-likeness (QED) is 0.634. The topological polar surface area (TPSA) is 57.2 Å². The zero-order valence-corrected chi connectivity index (χ0v) is 16.0. The molecule has 0 radical (unpaired) electrons. The van der Waals surface area contributed by atoms with Crippen molar-refractivity contribution in [2.45, 2.75) is 19.3 Å².